The molecule has 0 saturated carbocycles. The van der Waals surface area contributed by atoms with Crippen LogP contribution in [0.1, 0.15) is 37.5 Å². The predicted molar refractivity (Wildman–Crippen MR) is 84.3 cm³/mol. The summed E-state index contributed by atoms with van der Waals surface area (Å²) in [4.78, 5) is 4.03. The van der Waals surface area contributed by atoms with Gasteiger partial charge in [-0.2, -0.15) is 0 Å². The van der Waals surface area contributed by atoms with E-state index in [-0.39, 0.29) is 0 Å². The van der Waals surface area contributed by atoms with Gasteiger partial charge in [0.2, 0.25) is 0 Å². The molecule has 0 saturated heterocycles. The van der Waals surface area contributed by atoms with Gasteiger partial charge in [-0.25, -0.2) is 0 Å². The van der Waals surface area contributed by atoms with Gasteiger partial charge in [0.05, 0.1) is 12.7 Å². The standard InChI is InChI=1S/C18H23NO2/c1-14(2)13-21-17-8-5-15(6-9-17)7-10-18(20)16-4-3-11-19-12-16/h3-6,8-9,11-12,14,18,20H,7,10,13H2,1-2H3. The lowest BCUT2D eigenvalue weighted by Crippen LogP contribution is -2.04. The van der Waals surface area contributed by atoms with Gasteiger partial charge in [0.15, 0.2) is 0 Å². The van der Waals surface area contributed by atoms with Crippen molar-refractivity contribution in [2.45, 2.75) is 32.8 Å². The van der Waals surface area contributed by atoms with Crippen molar-refractivity contribution in [1.29, 1.82) is 0 Å². The first-order valence-corrected chi connectivity index (χ1v) is 7.45. The first-order valence-electron chi connectivity index (χ1n) is 7.45. The molecule has 21 heavy (non-hydrogen) atoms. The maximum Gasteiger partial charge on any atom is 0.119 e. The molecule has 112 valence electrons. The van der Waals surface area contributed by atoms with Gasteiger partial charge in [-0.1, -0.05) is 32.0 Å². The molecule has 0 fully saturated rings. The van der Waals surface area contributed by atoms with Crippen molar-refractivity contribution < 1.29 is 9.84 Å². The van der Waals surface area contributed by atoms with E-state index in [0.29, 0.717) is 12.3 Å². The van der Waals surface area contributed by atoms with E-state index in [1.54, 1.807) is 12.4 Å². The Hall–Kier alpha value is -1.87. The fourth-order valence-corrected chi connectivity index (χ4v) is 2.06. The Labute approximate surface area is 126 Å². The normalized spacial score (nSPS) is 12.4. The number of rotatable bonds is 7. The molecule has 2 aromatic rings. The van der Waals surface area contributed by atoms with Gasteiger partial charge in [-0.15, -0.1) is 0 Å². The molecule has 1 N–H and O–H groups in total. The fourth-order valence-electron chi connectivity index (χ4n) is 2.06. The van der Waals surface area contributed by atoms with Crippen LogP contribution in [0.15, 0.2) is 48.8 Å². The summed E-state index contributed by atoms with van der Waals surface area (Å²) in [5.41, 5.74) is 2.07. The lowest BCUT2D eigenvalue weighted by atomic mass is 10.0. The lowest BCUT2D eigenvalue weighted by molar-refractivity contribution is 0.167. The maximum absolute atomic E-state index is 10.1. The van der Waals surface area contributed by atoms with Gasteiger partial charge in [-0.3, -0.25) is 4.98 Å². The summed E-state index contributed by atoms with van der Waals surface area (Å²) in [6, 6.07) is 11.9. The van der Waals surface area contributed by atoms with E-state index >= 15 is 0 Å². The fraction of sp³-hybridized carbons (Fsp3) is 0.389. The number of aliphatic hydroxyl groups excluding tert-OH is 1. The summed E-state index contributed by atoms with van der Waals surface area (Å²) in [5, 5.41) is 10.1. The summed E-state index contributed by atoms with van der Waals surface area (Å²) in [6.07, 6.45) is 4.49. The minimum atomic E-state index is -0.462. The highest BCUT2D eigenvalue weighted by atomic mass is 16.5. The molecule has 1 atom stereocenters. The van der Waals surface area contributed by atoms with Crippen molar-refractivity contribution in [3.63, 3.8) is 0 Å². The van der Waals surface area contributed by atoms with Crippen LogP contribution in [0, 0.1) is 5.92 Å². The number of ether oxygens (including phenoxy) is 1. The molecule has 0 radical (unpaired) electrons. The third-order valence-electron chi connectivity index (χ3n) is 3.28. The van der Waals surface area contributed by atoms with Crippen LogP contribution in [0.2, 0.25) is 0 Å². The van der Waals surface area contributed by atoms with Gasteiger partial charge in [0, 0.05) is 12.4 Å². The van der Waals surface area contributed by atoms with E-state index in [2.05, 4.69) is 31.0 Å². The summed E-state index contributed by atoms with van der Waals surface area (Å²) in [7, 11) is 0. The van der Waals surface area contributed by atoms with Gasteiger partial charge in [0.1, 0.15) is 5.75 Å². The van der Waals surface area contributed by atoms with E-state index in [1.165, 1.54) is 5.56 Å². The van der Waals surface area contributed by atoms with Crippen molar-refractivity contribution in [3.8, 4) is 5.75 Å². The molecule has 0 spiro atoms. The Kier molecular flexibility index (Phi) is 5.76. The number of aryl methyl sites for hydroxylation is 1. The molecule has 0 aliphatic heterocycles. The molecule has 1 unspecified atom stereocenters. The Morgan fingerprint density at radius 2 is 1.90 bits per heavy atom. The molecule has 0 aliphatic carbocycles. The minimum Gasteiger partial charge on any atom is -0.493 e. The van der Waals surface area contributed by atoms with Crippen LogP contribution in [-0.4, -0.2) is 16.7 Å². The zero-order chi connectivity index (χ0) is 15.1. The molecule has 1 heterocycles. The molecular formula is C18H23NO2. The lowest BCUT2D eigenvalue weighted by Gasteiger charge is -2.11. The first kappa shape index (κ1) is 15.5. The highest BCUT2D eigenvalue weighted by molar-refractivity contribution is 5.27. The first-order chi connectivity index (χ1) is 10.1. The van der Waals surface area contributed by atoms with Crippen LogP contribution in [0.3, 0.4) is 0 Å². The number of hydrogen-bond acceptors (Lipinski definition) is 3. The van der Waals surface area contributed by atoms with E-state index in [4.69, 9.17) is 4.74 Å². The van der Waals surface area contributed by atoms with E-state index in [1.807, 2.05) is 24.3 Å². The van der Waals surface area contributed by atoms with Crippen molar-refractivity contribution >= 4 is 0 Å². The number of benzene rings is 1. The molecular weight excluding hydrogens is 262 g/mol. The maximum atomic E-state index is 10.1. The number of nitrogens with zero attached hydrogens (tertiary/aromatic N) is 1. The molecule has 0 bridgehead atoms. The second-order valence-corrected chi connectivity index (χ2v) is 5.69. The second-order valence-electron chi connectivity index (χ2n) is 5.69. The smallest absolute Gasteiger partial charge is 0.119 e. The Morgan fingerprint density at radius 3 is 2.52 bits per heavy atom. The number of hydrogen-bond donors (Lipinski definition) is 1. The second kappa shape index (κ2) is 7.79. The van der Waals surface area contributed by atoms with Gasteiger partial charge in [0.25, 0.3) is 0 Å². The molecule has 3 heteroatoms. The number of pyridine rings is 1. The molecule has 1 aromatic carbocycles. The molecule has 2 rings (SSSR count). The van der Waals surface area contributed by atoms with Crippen LogP contribution >= 0.6 is 0 Å². The number of aromatic nitrogens is 1. The molecule has 3 nitrogen and oxygen atoms in total. The predicted octanol–water partition coefficient (Wildman–Crippen LogP) is 3.78. The third-order valence-corrected chi connectivity index (χ3v) is 3.28. The van der Waals surface area contributed by atoms with Crippen molar-refractivity contribution in [1.82, 2.24) is 4.98 Å². The highest BCUT2D eigenvalue weighted by Crippen LogP contribution is 2.19. The van der Waals surface area contributed by atoms with Crippen LogP contribution in [0.4, 0.5) is 0 Å². The molecule has 0 amide bonds. The summed E-state index contributed by atoms with van der Waals surface area (Å²) in [6.45, 7) is 5.00. The quantitative estimate of drug-likeness (QED) is 0.841. The molecule has 1 aromatic heterocycles. The van der Waals surface area contributed by atoms with Gasteiger partial charge >= 0.3 is 0 Å². The highest BCUT2D eigenvalue weighted by Gasteiger charge is 2.07. The average Bonchev–Trinajstić information content (AvgIpc) is 2.52. The van der Waals surface area contributed by atoms with Crippen LogP contribution in [0.5, 0.6) is 5.75 Å². The zero-order valence-corrected chi connectivity index (χ0v) is 12.7. The minimum absolute atomic E-state index is 0.462. The van der Waals surface area contributed by atoms with Crippen LogP contribution < -0.4 is 4.74 Å². The van der Waals surface area contributed by atoms with E-state index in [9.17, 15) is 5.11 Å². The van der Waals surface area contributed by atoms with Crippen molar-refractivity contribution in [2.75, 3.05) is 6.61 Å². The Balaban J connectivity index is 1.83. The average molecular weight is 285 g/mol. The summed E-state index contributed by atoms with van der Waals surface area (Å²) < 4.78 is 5.66. The van der Waals surface area contributed by atoms with Crippen molar-refractivity contribution in [3.05, 3.63) is 59.9 Å². The Bertz CT molecular complexity index is 523. The van der Waals surface area contributed by atoms with Crippen LogP contribution in [-0.2, 0) is 6.42 Å². The largest absolute Gasteiger partial charge is 0.493 e. The topological polar surface area (TPSA) is 42.4 Å². The van der Waals surface area contributed by atoms with Gasteiger partial charge < -0.3 is 9.84 Å². The third kappa shape index (κ3) is 5.20. The Morgan fingerprint density at radius 1 is 1.14 bits per heavy atom. The summed E-state index contributed by atoms with van der Waals surface area (Å²) in [5.74, 6) is 1.43. The number of aliphatic hydroxyl groups is 1. The van der Waals surface area contributed by atoms with E-state index < -0.39 is 6.10 Å². The SMILES string of the molecule is CC(C)COc1ccc(CCC(O)c2cccnc2)cc1. The monoisotopic (exact) mass is 285 g/mol. The molecule has 0 aliphatic rings. The van der Waals surface area contributed by atoms with E-state index in [0.717, 1.165) is 24.3 Å². The van der Waals surface area contributed by atoms with Gasteiger partial charge in [-0.05, 0) is 48.1 Å². The summed E-state index contributed by atoms with van der Waals surface area (Å²) >= 11 is 0. The van der Waals surface area contributed by atoms with Crippen molar-refractivity contribution in [2.24, 2.45) is 5.92 Å². The zero-order valence-electron chi connectivity index (χ0n) is 12.7. The van der Waals surface area contributed by atoms with Crippen LogP contribution in [0.25, 0.3) is 0 Å².